The second-order valence-electron chi connectivity index (χ2n) is 5.79. The fourth-order valence-corrected chi connectivity index (χ4v) is 4.27. The molecular weight excluding hydrogens is 456 g/mol. The number of carbonyl (C=O) groups excluding carboxylic acids is 1. The summed E-state index contributed by atoms with van der Waals surface area (Å²) >= 11 is 11.9. The molecule has 29 heavy (non-hydrogen) atoms. The SMILES string of the molecule is CCOC(=O)C(C)NS(=O)(=O)c1cc(-c2ncc(C(F)(F)F)cc2Cl)ccc1Cl. The first-order chi connectivity index (χ1) is 13.4. The molecule has 0 radical (unpaired) electrons. The lowest BCUT2D eigenvalue weighted by Crippen LogP contribution is -2.39. The average Bonchev–Trinajstić information content (AvgIpc) is 2.61. The third-order valence-electron chi connectivity index (χ3n) is 3.63. The number of hydrogen-bond donors (Lipinski definition) is 1. The number of halogens is 5. The van der Waals surface area contributed by atoms with Crippen LogP contribution in [0.5, 0.6) is 0 Å². The zero-order valence-electron chi connectivity index (χ0n) is 15.0. The molecule has 0 saturated heterocycles. The van der Waals surface area contributed by atoms with Crippen molar-refractivity contribution in [3.8, 4) is 11.3 Å². The van der Waals surface area contributed by atoms with Crippen LogP contribution in [0, 0.1) is 0 Å². The number of hydrogen-bond acceptors (Lipinski definition) is 5. The van der Waals surface area contributed by atoms with Gasteiger partial charge in [-0.15, -0.1) is 0 Å². The van der Waals surface area contributed by atoms with E-state index < -0.39 is 38.7 Å². The molecule has 1 N–H and O–H groups in total. The summed E-state index contributed by atoms with van der Waals surface area (Å²) in [4.78, 5) is 15.0. The molecule has 1 aromatic heterocycles. The van der Waals surface area contributed by atoms with Gasteiger partial charge in [-0.25, -0.2) is 8.42 Å². The summed E-state index contributed by atoms with van der Waals surface area (Å²) in [5, 5.41) is -0.487. The molecule has 0 fully saturated rings. The maximum atomic E-state index is 12.8. The molecule has 0 aliphatic heterocycles. The molecule has 0 spiro atoms. The number of rotatable bonds is 6. The first-order valence-corrected chi connectivity index (χ1v) is 10.3. The van der Waals surface area contributed by atoms with Gasteiger partial charge in [0.25, 0.3) is 0 Å². The predicted octanol–water partition coefficient (Wildman–Crippen LogP) is 4.30. The van der Waals surface area contributed by atoms with Gasteiger partial charge in [-0.2, -0.15) is 17.9 Å². The maximum absolute atomic E-state index is 12.8. The molecule has 1 unspecified atom stereocenters. The molecule has 2 aromatic rings. The van der Waals surface area contributed by atoms with Crippen molar-refractivity contribution in [3.63, 3.8) is 0 Å². The van der Waals surface area contributed by atoms with Crippen LogP contribution in [-0.4, -0.2) is 32.0 Å². The Kier molecular flexibility index (Phi) is 7.15. The van der Waals surface area contributed by atoms with Crippen LogP contribution in [0.1, 0.15) is 19.4 Å². The minimum atomic E-state index is -4.63. The number of pyridine rings is 1. The van der Waals surface area contributed by atoms with Gasteiger partial charge >= 0.3 is 12.1 Å². The minimum Gasteiger partial charge on any atom is -0.465 e. The van der Waals surface area contributed by atoms with Crippen LogP contribution in [0.25, 0.3) is 11.3 Å². The van der Waals surface area contributed by atoms with E-state index in [9.17, 15) is 26.4 Å². The van der Waals surface area contributed by atoms with E-state index in [0.717, 1.165) is 6.07 Å². The van der Waals surface area contributed by atoms with Crippen molar-refractivity contribution < 1.29 is 31.1 Å². The molecule has 0 saturated carbocycles. The molecule has 0 aliphatic rings. The van der Waals surface area contributed by atoms with Crippen LogP contribution in [0.4, 0.5) is 13.2 Å². The number of alkyl halides is 3. The molecular formula is C17H15Cl2F3N2O4S. The third kappa shape index (κ3) is 5.59. The maximum Gasteiger partial charge on any atom is 0.417 e. The van der Waals surface area contributed by atoms with Crippen molar-refractivity contribution in [2.45, 2.75) is 31.0 Å². The molecule has 158 valence electrons. The van der Waals surface area contributed by atoms with Gasteiger partial charge in [0.1, 0.15) is 10.9 Å². The fourth-order valence-electron chi connectivity index (χ4n) is 2.27. The van der Waals surface area contributed by atoms with E-state index in [4.69, 9.17) is 27.9 Å². The van der Waals surface area contributed by atoms with E-state index in [1.165, 1.54) is 19.1 Å². The molecule has 2 rings (SSSR count). The Morgan fingerprint density at radius 2 is 1.90 bits per heavy atom. The second-order valence-corrected chi connectivity index (χ2v) is 8.29. The number of ether oxygens (including phenoxy) is 1. The van der Waals surface area contributed by atoms with Crippen molar-refractivity contribution >= 4 is 39.2 Å². The van der Waals surface area contributed by atoms with Crippen molar-refractivity contribution in [2.75, 3.05) is 6.61 Å². The van der Waals surface area contributed by atoms with Gasteiger partial charge in [0.05, 0.1) is 27.9 Å². The molecule has 0 amide bonds. The Morgan fingerprint density at radius 3 is 2.45 bits per heavy atom. The number of benzene rings is 1. The lowest BCUT2D eigenvalue weighted by atomic mass is 10.1. The highest BCUT2D eigenvalue weighted by molar-refractivity contribution is 7.89. The van der Waals surface area contributed by atoms with Crippen LogP contribution < -0.4 is 4.72 Å². The Morgan fingerprint density at radius 1 is 1.24 bits per heavy atom. The molecule has 0 bridgehead atoms. The zero-order valence-corrected chi connectivity index (χ0v) is 17.4. The molecule has 1 heterocycles. The largest absolute Gasteiger partial charge is 0.465 e. The van der Waals surface area contributed by atoms with E-state index in [-0.39, 0.29) is 27.9 Å². The van der Waals surface area contributed by atoms with Crippen LogP contribution in [-0.2, 0) is 25.7 Å². The topological polar surface area (TPSA) is 85.4 Å². The van der Waals surface area contributed by atoms with E-state index in [1.807, 2.05) is 0 Å². The Hall–Kier alpha value is -1.88. The number of nitrogens with zero attached hydrogens (tertiary/aromatic N) is 1. The van der Waals surface area contributed by atoms with Gasteiger partial charge in [0.2, 0.25) is 10.0 Å². The summed E-state index contributed by atoms with van der Waals surface area (Å²) in [5.41, 5.74) is -0.985. The number of carbonyl (C=O) groups is 1. The van der Waals surface area contributed by atoms with Crippen LogP contribution in [0.15, 0.2) is 35.4 Å². The van der Waals surface area contributed by atoms with E-state index in [2.05, 4.69) is 9.71 Å². The molecule has 6 nitrogen and oxygen atoms in total. The summed E-state index contributed by atoms with van der Waals surface area (Å²) in [6.07, 6.45) is -4.04. The summed E-state index contributed by atoms with van der Waals surface area (Å²) in [5.74, 6) is -0.782. The summed E-state index contributed by atoms with van der Waals surface area (Å²) in [6, 6.07) is 3.19. The van der Waals surface area contributed by atoms with Crippen molar-refractivity contribution in [3.05, 3.63) is 46.1 Å². The van der Waals surface area contributed by atoms with Gasteiger partial charge in [-0.05, 0) is 32.0 Å². The minimum absolute atomic E-state index is 0.0637. The quantitative estimate of drug-likeness (QED) is 0.635. The fraction of sp³-hybridized carbons (Fsp3) is 0.294. The first-order valence-electron chi connectivity index (χ1n) is 8.08. The zero-order chi connectivity index (χ0) is 22.0. The van der Waals surface area contributed by atoms with Crippen molar-refractivity contribution in [1.29, 1.82) is 0 Å². The van der Waals surface area contributed by atoms with E-state index >= 15 is 0 Å². The third-order valence-corrected chi connectivity index (χ3v) is 5.95. The van der Waals surface area contributed by atoms with Gasteiger partial charge in [0, 0.05) is 11.8 Å². The van der Waals surface area contributed by atoms with Gasteiger partial charge in [-0.1, -0.05) is 29.3 Å². The Bertz CT molecular complexity index is 1030. The smallest absolute Gasteiger partial charge is 0.417 e. The van der Waals surface area contributed by atoms with Crippen LogP contribution in [0.2, 0.25) is 10.0 Å². The van der Waals surface area contributed by atoms with Crippen molar-refractivity contribution in [1.82, 2.24) is 9.71 Å². The Balaban J connectivity index is 2.43. The lowest BCUT2D eigenvalue weighted by Gasteiger charge is -2.15. The summed E-state index contributed by atoms with van der Waals surface area (Å²) in [6.45, 7) is 2.93. The predicted molar refractivity (Wildman–Crippen MR) is 101 cm³/mol. The highest BCUT2D eigenvalue weighted by atomic mass is 35.5. The number of nitrogens with one attached hydrogen (secondary N) is 1. The van der Waals surface area contributed by atoms with Crippen molar-refractivity contribution in [2.24, 2.45) is 0 Å². The summed E-state index contributed by atoms with van der Waals surface area (Å²) in [7, 11) is -4.26. The molecule has 0 aliphatic carbocycles. The average molecular weight is 471 g/mol. The van der Waals surface area contributed by atoms with E-state index in [1.54, 1.807) is 6.92 Å². The standard InChI is InChI=1S/C17H15Cl2F3N2O4S/c1-3-28-16(25)9(2)24-29(26,27)14-6-10(4-5-12(14)18)15-13(19)7-11(8-23-15)17(20,21)22/h4-9,24H,3H2,1-2H3. The normalized spacial score (nSPS) is 13.2. The number of esters is 1. The second kappa shape index (κ2) is 8.86. The van der Waals surface area contributed by atoms with Crippen LogP contribution >= 0.6 is 23.2 Å². The monoisotopic (exact) mass is 470 g/mol. The number of sulfonamides is 1. The van der Waals surface area contributed by atoms with E-state index in [0.29, 0.717) is 12.3 Å². The van der Waals surface area contributed by atoms with Gasteiger partial charge < -0.3 is 4.74 Å². The highest BCUT2D eigenvalue weighted by Crippen LogP contribution is 2.35. The lowest BCUT2D eigenvalue weighted by molar-refractivity contribution is -0.144. The van der Waals surface area contributed by atoms with Gasteiger partial charge in [0.15, 0.2) is 0 Å². The van der Waals surface area contributed by atoms with Gasteiger partial charge in [-0.3, -0.25) is 9.78 Å². The summed E-state index contributed by atoms with van der Waals surface area (Å²) < 4.78 is 70.4. The molecule has 1 aromatic carbocycles. The molecule has 12 heteroatoms. The first kappa shape index (κ1) is 23.4. The number of aromatic nitrogens is 1. The Labute approximate surface area is 175 Å². The molecule has 1 atom stereocenters. The highest BCUT2D eigenvalue weighted by Gasteiger charge is 2.32. The van der Waals surface area contributed by atoms with Crippen LogP contribution in [0.3, 0.4) is 0 Å².